The summed E-state index contributed by atoms with van der Waals surface area (Å²) in [5.41, 5.74) is 5.36. The molecule has 1 fully saturated rings. The second-order valence-electron chi connectivity index (χ2n) is 5.24. The van der Waals surface area contributed by atoms with E-state index in [0.717, 1.165) is 0 Å². The molecule has 1 aliphatic rings. The van der Waals surface area contributed by atoms with Crippen LogP contribution in [0.15, 0.2) is 0 Å². The Hall–Kier alpha value is -0.700. The molecule has 1 saturated heterocycles. The van der Waals surface area contributed by atoms with Crippen LogP contribution in [0.2, 0.25) is 0 Å². The van der Waals surface area contributed by atoms with Crippen LogP contribution < -0.4 is 11.1 Å². The first-order valence-corrected chi connectivity index (χ1v) is 8.28. The molecule has 0 bridgehead atoms. The molecule has 1 unspecified atom stereocenters. The van der Waals surface area contributed by atoms with E-state index in [4.69, 9.17) is 5.73 Å². The van der Waals surface area contributed by atoms with E-state index in [-0.39, 0.29) is 11.9 Å². The molecule has 112 valence electrons. The van der Waals surface area contributed by atoms with Crippen LogP contribution >= 0.6 is 0 Å². The lowest BCUT2D eigenvalue weighted by atomic mass is 10.2. The van der Waals surface area contributed by atoms with Gasteiger partial charge in [0, 0.05) is 38.8 Å². The average Bonchev–Trinajstić information content (AvgIpc) is 2.27. The number of piperazine rings is 1. The van der Waals surface area contributed by atoms with Gasteiger partial charge < -0.3 is 11.1 Å². The third-order valence-corrected chi connectivity index (χ3v) is 4.42. The Bertz CT molecular complexity index is 402. The maximum absolute atomic E-state index is 11.4. The molecule has 0 aromatic heterocycles. The second kappa shape index (κ2) is 6.65. The molecular weight excluding hydrogens is 268 g/mol. The van der Waals surface area contributed by atoms with Crippen molar-refractivity contribution < 1.29 is 13.2 Å². The molecule has 7 nitrogen and oxygen atoms in total. The number of rotatable bonds is 6. The Balaban J connectivity index is 2.49. The van der Waals surface area contributed by atoms with Crippen LogP contribution in [0, 0.1) is 0 Å². The lowest BCUT2D eigenvalue weighted by Crippen LogP contribution is -2.55. The number of nitrogens with one attached hydrogen (secondary N) is 1. The number of hydrogen-bond acceptors (Lipinski definition) is 5. The molecule has 0 aliphatic carbocycles. The number of sulfonamides is 1. The molecule has 0 saturated carbocycles. The van der Waals surface area contributed by atoms with Crippen LogP contribution in [0.1, 0.15) is 13.8 Å². The lowest BCUT2D eigenvalue weighted by Gasteiger charge is -2.35. The summed E-state index contributed by atoms with van der Waals surface area (Å²) in [4.78, 5) is 13.4. The minimum Gasteiger partial charge on any atom is -0.368 e. The van der Waals surface area contributed by atoms with Crippen LogP contribution in [0.3, 0.4) is 0 Å². The third kappa shape index (κ3) is 5.43. The molecule has 0 radical (unpaired) electrons. The van der Waals surface area contributed by atoms with E-state index >= 15 is 0 Å². The molecule has 1 atom stereocenters. The lowest BCUT2D eigenvalue weighted by molar-refractivity contribution is -0.120. The SMILES string of the molecule is CC(C)NC(CN1CCN(S(C)(=O)=O)CC1)C(N)=O. The molecule has 0 spiro atoms. The number of nitrogens with two attached hydrogens (primary N) is 1. The number of amides is 1. The van der Waals surface area contributed by atoms with Crippen LogP contribution in [0.5, 0.6) is 0 Å². The Labute approximate surface area is 115 Å². The highest BCUT2D eigenvalue weighted by Crippen LogP contribution is 2.06. The number of carbonyl (C=O) groups is 1. The van der Waals surface area contributed by atoms with Crippen LogP contribution in [-0.4, -0.2) is 74.6 Å². The van der Waals surface area contributed by atoms with E-state index < -0.39 is 16.1 Å². The minimum atomic E-state index is -3.11. The van der Waals surface area contributed by atoms with Crippen molar-refractivity contribution in [2.75, 3.05) is 39.0 Å². The molecular formula is C11H24N4O3S. The third-order valence-electron chi connectivity index (χ3n) is 3.12. The van der Waals surface area contributed by atoms with Crippen molar-refractivity contribution in [2.45, 2.75) is 25.9 Å². The maximum atomic E-state index is 11.4. The Kier molecular flexibility index (Phi) is 5.72. The zero-order valence-electron chi connectivity index (χ0n) is 11.8. The molecule has 19 heavy (non-hydrogen) atoms. The Morgan fingerprint density at radius 3 is 2.16 bits per heavy atom. The highest BCUT2D eigenvalue weighted by atomic mass is 32.2. The van der Waals surface area contributed by atoms with Gasteiger partial charge in [-0.05, 0) is 0 Å². The van der Waals surface area contributed by atoms with Crippen molar-refractivity contribution in [1.29, 1.82) is 0 Å². The molecule has 1 amide bonds. The topological polar surface area (TPSA) is 95.7 Å². The van der Waals surface area contributed by atoms with Gasteiger partial charge in [0.1, 0.15) is 0 Å². The zero-order chi connectivity index (χ0) is 14.6. The van der Waals surface area contributed by atoms with Crippen molar-refractivity contribution >= 4 is 15.9 Å². The van der Waals surface area contributed by atoms with Gasteiger partial charge in [0.2, 0.25) is 15.9 Å². The van der Waals surface area contributed by atoms with Gasteiger partial charge in [0.25, 0.3) is 0 Å². The summed E-state index contributed by atoms with van der Waals surface area (Å²) < 4.78 is 24.2. The van der Waals surface area contributed by atoms with E-state index in [1.165, 1.54) is 10.6 Å². The van der Waals surface area contributed by atoms with Gasteiger partial charge in [-0.1, -0.05) is 13.8 Å². The van der Waals surface area contributed by atoms with Crippen LogP contribution in [-0.2, 0) is 14.8 Å². The first-order valence-electron chi connectivity index (χ1n) is 6.43. The molecule has 3 N–H and O–H groups in total. The predicted octanol–water partition coefficient (Wildman–Crippen LogP) is -1.58. The predicted molar refractivity (Wildman–Crippen MR) is 74.1 cm³/mol. The van der Waals surface area contributed by atoms with E-state index in [9.17, 15) is 13.2 Å². The van der Waals surface area contributed by atoms with Crippen LogP contribution in [0.25, 0.3) is 0 Å². The molecule has 0 aromatic carbocycles. The molecule has 1 aliphatic heterocycles. The summed E-state index contributed by atoms with van der Waals surface area (Å²) in [5.74, 6) is -0.376. The molecule has 1 rings (SSSR count). The second-order valence-corrected chi connectivity index (χ2v) is 7.22. The smallest absolute Gasteiger partial charge is 0.235 e. The summed E-state index contributed by atoms with van der Waals surface area (Å²) in [7, 11) is -3.11. The van der Waals surface area contributed by atoms with Gasteiger partial charge in [-0.3, -0.25) is 9.69 Å². The largest absolute Gasteiger partial charge is 0.368 e. The van der Waals surface area contributed by atoms with E-state index in [0.29, 0.717) is 32.7 Å². The van der Waals surface area contributed by atoms with Crippen molar-refractivity contribution in [2.24, 2.45) is 5.73 Å². The van der Waals surface area contributed by atoms with Gasteiger partial charge in [0.15, 0.2) is 0 Å². The van der Waals surface area contributed by atoms with Gasteiger partial charge in [-0.2, -0.15) is 4.31 Å². The van der Waals surface area contributed by atoms with E-state index in [1.807, 2.05) is 13.8 Å². The summed E-state index contributed by atoms with van der Waals surface area (Å²) >= 11 is 0. The summed E-state index contributed by atoms with van der Waals surface area (Å²) in [6.45, 7) is 6.60. The van der Waals surface area contributed by atoms with Crippen LogP contribution in [0.4, 0.5) is 0 Å². The summed E-state index contributed by atoms with van der Waals surface area (Å²) in [6, 6.07) is -0.223. The monoisotopic (exact) mass is 292 g/mol. The van der Waals surface area contributed by atoms with Crippen molar-refractivity contribution in [3.8, 4) is 0 Å². The van der Waals surface area contributed by atoms with Gasteiger partial charge in [0.05, 0.1) is 12.3 Å². The summed E-state index contributed by atoms with van der Waals surface area (Å²) in [5, 5.41) is 3.12. The molecule has 1 heterocycles. The number of nitrogens with zero attached hydrogens (tertiary/aromatic N) is 2. The maximum Gasteiger partial charge on any atom is 0.235 e. The first kappa shape index (κ1) is 16.4. The normalized spacial score (nSPS) is 20.6. The Morgan fingerprint density at radius 2 is 1.79 bits per heavy atom. The van der Waals surface area contributed by atoms with E-state index in [1.54, 1.807) is 0 Å². The first-order chi connectivity index (χ1) is 8.70. The fourth-order valence-electron chi connectivity index (χ4n) is 2.13. The van der Waals surface area contributed by atoms with Crippen molar-refractivity contribution in [1.82, 2.24) is 14.5 Å². The van der Waals surface area contributed by atoms with Gasteiger partial charge in [-0.15, -0.1) is 0 Å². The fourth-order valence-corrected chi connectivity index (χ4v) is 2.96. The fraction of sp³-hybridized carbons (Fsp3) is 0.909. The van der Waals surface area contributed by atoms with Crippen molar-refractivity contribution in [3.63, 3.8) is 0 Å². The number of hydrogen-bond donors (Lipinski definition) is 2. The average molecular weight is 292 g/mol. The minimum absolute atomic E-state index is 0.176. The Morgan fingerprint density at radius 1 is 1.26 bits per heavy atom. The summed E-state index contributed by atoms with van der Waals surface area (Å²) in [6.07, 6.45) is 1.22. The number of primary amides is 1. The molecule has 8 heteroatoms. The highest BCUT2D eigenvalue weighted by Gasteiger charge is 2.26. The quantitative estimate of drug-likeness (QED) is 0.616. The van der Waals surface area contributed by atoms with E-state index in [2.05, 4.69) is 10.2 Å². The highest BCUT2D eigenvalue weighted by molar-refractivity contribution is 7.88. The standard InChI is InChI=1S/C11H24N4O3S/c1-9(2)13-10(11(12)16)8-14-4-6-15(7-5-14)19(3,17)18/h9-10,13H,4-8H2,1-3H3,(H2,12,16). The zero-order valence-corrected chi connectivity index (χ0v) is 12.6. The number of carbonyl (C=O) groups excluding carboxylic acids is 1. The van der Waals surface area contributed by atoms with Crippen molar-refractivity contribution in [3.05, 3.63) is 0 Å². The van der Waals surface area contributed by atoms with Gasteiger partial charge in [-0.25, -0.2) is 8.42 Å². The van der Waals surface area contributed by atoms with Gasteiger partial charge >= 0.3 is 0 Å². The molecule has 0 aromatic rings.